The maximum absolute atomic E-state index is 15.3. The number of nitrogens with zero attached hydrogens (tertiary/aromatic N) is 4. The number of hydrogen-bond donors (Lipinski definition) is 2. The van der Waals surface area contributed by atoms with Crippen molar-refractivity contribution in [2.24, 2.45) is 0 Å². The molecule has 0 spiro atoms. The summed E-state index contributed by atoms with van der Waals surface area (Å²) in [7, 11) is 0. The highest BCUT2D eigenvalue weighted by molar-refractivity contribution is 6.28. The first kappa shape index (κ1) is 28.5. The molecule has 3 N–H and O–H groups in total. The van der Waals surface area contributed by atoms with E-state index < -0.39 is 61.0 Å². The van der Waals surface area contributed by atoms with Gasteiger partial charge in [-0.1, -0.05) is 12.1 Å². The van der Waals surface area contributed by atoms with Gasteiger partial charge >= 0.3 is 11.9 Å². The van der Waals surface area contributed by atoms with Crippen molar-refractivity contribution in [2.75, 3.05) is 25.6 Å². The lowest BCUT2D eigenvalue weighted by molar-refractivity contribution is -0.197. The van der Waals surface area contributed by atoms with Gasteiger partial charge in [0.25, 0.3) is 5.60 Å². The van der Waals surface area contributed by atoms with Gasteiger partial charge in [-0.15, -0.1) is 0 Å². The van der Waals surface area contributed by atoms with Crippen molar-refractivity contribution in [3.05, 3.63) is 47.3 Å². The Balaban J connectivity index is 1.62. The second kappa shape index (κ2) is 11.7. The lowest BCUT2D eigenvalue weighted by Gasteiger charge is -2.30. The predicted octanol–water partition coefficient (Wildman–Crippen LogP) is 1.92. The quantitative estimate of drug-likeness (QED) is 0.208. The predicted molar refractivity (Wildman–Crippen MR) is 132 cm³/mol. The average molecular weight is 570 g/mol. The minimum absolute atomic E-state index is 0.0352. The van der Waals surface area contributed by atoms with E-state index in [9.17, 15) is 19.1 Å². The van der Waals surface area contributed by atoms with Crippen LogP contribution in [0.15, 0.2) is 30.6 Å². The molecule has 15 heteroatoms. The van der Waals surface area contributed by atoms with E-state index in [0.29, 0.717) is 5.56 Å². The molecule has 1 fully saturated rings. The Morgan fingerprint density at radius 3 is 2.44 bits per heavy atom. The van der Waals surface area contributed by atoms with Crippen LogP contribution in [-0.4, -0.2) is 80.4 Å². The molecule has 4 atom stereocenters. The van der Waals surface area contributed by atoms with E-state index in [1.807, 2.05) is 0 Å². The molecule has 210 valence electrons. The van der Waals surface area contributed by atoms with Crippen LogP contribution < -0.4 is 5.73 Å². The minimum Gasteiger partial charge on any atom is -0.463 e. The second-order valence-corrected chi connectivity index (χ2v) is 8.92. The molecule has 0 unspecified atom stereocenters. The van der Waals surface area contributed by atoms with Crippen LogP contribution in [0.3, 0.4) is 0 Å². The number of aromatic nitrogens is 4. The van der Waals surface area contributed by atoms with Crippen molar-refractivity contribution in [1.82, 2.24) is 19.5 Å². The Morgan fingerprint density at radius 1 is 1.18 bits per heavy atom. The number of imidazole rings is 1. The number of rotatable bonds is 10. The van der Waals surface area contributed by atoms with Crippen molar-refractivity contribution >= 4 is 40.5 Å². The Hall–Kier alpha value is -3.46. The van der Waals surface area contributed by atoms with Crippen LogP contribution in [0.1, 0.15) is 25.6 Å². The molecule has 0 radical (unpaired) electrons. The maximum atomic E-state index is 15.3. The molecule has 1 aliphatic heterocycles. The van der Waals surface area contributed by atoms with E-state index in [0.717, 1.165) is 12.1 Å². The summed E-state index contributed by atoms with van der Waals surface area (Å²) in [4.78, 5) is 38.1. The largest absolute Gasteiger partial charge is 0.463 e. The van der Waals surface area contributed by atoms with Crippen molar-refractivity contribution in [3.63, 3.8) is 0 Å². The topological polar surface area (TPSA) is 161 Å². The lowest BCUT2D eigenvalue weighted by atomic mass is 9.93. The van der Waals surface area contributed by atoms with Crippen LogP contribution >= 0.6 is 11.6 Å². The zero-order chi connectivity index (χ0) is 28.3. The number of hydrogen-bond acceptors (Lipinski definition) is 11. The summed E-state index contributed by atoms with van der Waals surface area (Å²) in [6, 6.07) is 5.03. The van der Waals surface area contributed by atoms with Crippen LogP contribution in [-0.2, 0) is 35.0 Å². The van der Waals surface area contributed by atoms with Crippen molar-refractivity contribution in [1.29, 1.82) is 0 Å². The van der Waals surface area contributed by atoms with Gasteiger partial charge in [-0.2, -0.15) is 9.97 Å². The third-order valence-electron chi connectivity index (χ3n) is 6.06. The number of esters is 2. The summed E-state index contributed by atoms with van der Waals surface area (Å²) >= 11 is 5.88. The maximum Gasteiger partial charge on any atom is 0.350 e. The van der Waals surface area contributed by atoms with Gasteiger partial charge in [-0.05, 0) is 43.1 Å². The van der Waals surface area contributed by atoms with Crippen LogP contribution in [0.25, 0.3) is 11.2 Å². The van der Waals surface area contributed by atoms with Gasteiger partial charge in [-0.25, -0.2) is 23.4 Å². The highest BCUT2D eigenvalue weighted by Crippen LogP contribution is 2.35. The third kappa shape index (κ3) is 5.64. The lowest BCUT2D eigenvalue weighted by Crippen LogP contribution is -2.54. The summed E-state index contributed by atoms with van der Waals surface area (Å²) in [6.45, 7) is 2.26. The van der Waals surface area contributed by atoms with Gasteiger partial charge < -0.3 is 29.8 Å². The fourth-order valence-corrected chi connectivity index (χ4v) is 4.34. The highest BCUT2D eigenvalue weighted by atomic mass is 35.5. The molecule has 39 heavy (non-hydrogen) atoms. The van der Waals surface area contributed by atoms with E-state index in [-0.39, 0.29) is 35.5 Å². The number of fused-ring (bicyclic) bond motifs is 1. The van der Waals surface area contributed by atoms with Gasteiger partial charge in [0.2, 0.25) is 5.28 Å². The Kier molecular flexibility index (Phi) is 8.59. The number of benzene rings is 1. The average Bonchev–Trinajstić information content (AvgIpc) is 3.44. The molecule has 0 aliphatic carbocycles. The molecular formula is C24H26ClF2N5O7. The molecule has 12 nitrogen and oxygen atoms in total. The Bertz CT molecular complexity index is 1320. The molecule has 3 aromatic rings. The number of carbonyl (C=O) groups is 2. The number of ether oxygens (including phenoxy) is 4. The van der Waals surface area contributed by atoms with E-state index in [1.54, 1.807) is 0 Å². The summed E-state index contributed by atoms with van der Waals surface area (Å²) < 4.78 is 51.7. The third-order valence-corrected chi connectivity index (χ3v) is 6.23. The summed E-state index contributed by atoms with van der Waals surface area (Å²) in [5, 5.41) is 10.4. The number of nitrogens with two attached hydrogens (primary N) is 1. The normalized spacial score (nSPS) is 21.3. The van der Waals surface area contributed by atoms with Crippen LogP contribution in [0.2, 0.25) is 5.28 Å². The van der Waals surface area contributed by atoms with E-state index in [2.05, 4.69) is 15.0 Å². The molecular weight excluding hydrogens is 544 g/mol. The Morgan fingerprint density at radius 2 is 1.82 bits per heavy atom. The molecule has 1 aromatic carbocycles. The number of aliphatic hydroxyl groups is 1. The van der Waals surface area contributed by atoms with E-state index in [4.69, 9.17) is 36.3 Å². The molecule has 1 aliphatic rings. The van der Waals surface area contributed by atoms with Crippen molar-refractivity contribution in [2.45, 2.75) is 50.5 Å². The molecule has 0 saturated carbocycles. The molecule has 0 bridgehead atoms. The number of carbonyl (C=O) groups excluding carboxylic acids is 2. The molecule has 3 heterocycles. The standard InChI is InChI=1S/C24H26ClF2N5O7/c1-3-36-21(34)24(22(35)37-4-2,9-12-5-7-13(26)8-6-12)38-10-14-17(33)15(27)20(39-14)32-11-29-16-18(28)30-23(25)31-19(16)32/h5-8,11,14-15,17,20,33H,3-4,9-10H2,1-2H3,(H2,28,30,31)/t14-,15+,17-,20-/m1/s1. The van der Waals surface area contributed by atoms with Crippen molar-refractivity contribution in [3.8, 4) is 0 Å². The Labute approximate surface area is 226 Å². The van der Waals surface area contributed by atoms with Gasteiger partial charge in [0, 0.05) is 6.42 Å². The van der Waals surface area contributed by atoms with E-state index in [1.165, 1.54) is 36.9 Å². The summed E-state index contributed by atoms with van der Waals surface area (Å²) in [5.74, 6) is -2.71. The number of anilines is 1. The van der Waals surface area contributed by atoms with E-state index >= 15 is 4.39 Å². The monoisotopic (exact) mass is 569 g/mol. The van der Waals surface area contributed by atoms with Gasteiger partial charge in [-0.3, -0.25) is 4.57 Å². The minimum atomic E-state index is -2.35. The smallest absolute Gasteiger partial charge is 0.350 e. The van der Waals surface area contributed by atoms with Gasteiger partial charge in [0.05, 0.1) is 26.1 Å². The number of nitrogen functional groups attached to an aromatic ring is 1. The zero-order valence-electron chi connectivity index (χ0n) is 20.9. The highest BCUT2D eigenvalue weighted by Gasteiger charge is 2.53. The number of alkyl halides is 1. The fraction of sp³-hybridized carbons (Fsp3) is 0.458. The van der Waals surface area contributed by atoms with Crippen LogP contribution in [0, 0.1) is 5.82 Å². The molecule has 1 saturated heterocycles. The summed E-state index contributed by atoms with van der Waals surface area (Å²) in [6.07, 6.45) is -5.71. The van der Waals surface area contributed by atoms with Gasteiger partial charge in [0.1, 0.15) is 23.5 Å². The second-order valence-electron chi connectivity index (χ2n) is 8.58. The first-order chi connectivity index (χ1) is 18.6. The molecule has 4 rings (SSSR count). The zero-order valence-corrected chi connectivity index (χ0v) is 21.7. The first-order valence-corrected chi connectivity index (χ1v) is 12.3. The van der Waals surface area contributed by atoms with Gasteiger partial charge in [0.15, 0.2) is 23.9 Å². The fourth-order valence-electron chi connectivity index (χ4n) is 4.17. The van der Waals surface area contributed by atoms with Crippen LogP contribution in [0.4, 0.5) is 14.6 Å². The van der Waals surface area contributed by atoms with Crippen LogP contribution in [0.5, 0.6) is 0 Å². The van der Waals surface area contributed by atoms with Crippen molar-refractivity contribution < 1.29 is 42.4 Å². The first-order valence-electron chi connectivity index (χ1n) is 12.0. The summed E-state index contributed by atoms with van der Waals surface area (Å²) in [5.41, 5.74) is 4.02. The number of aliphatic hydroxyl groups excluding tert-OH is 1. The molecule has 2 aromatic heterocycles. The molecule has 0 amide bonds. The number of halogens is 3. The SMILES string of the molecule is CCOC(=O)C(Cc1ccc(F)cc1)(OC[C@H]1O[C@@H](n2cnc3c(N)nc(Cl)nc32)[C@@H](F)[C@@H]1O)C(=O)OCC.